The fraction of sp³-hybridized carbons (Fsp3) is 0.848. The molecule has 0 aromatic carbocycles. The first-order valence-corrected chi connectivity index (χ1v) is 24.3. The lowest BCUT2D eigenvalue weighted by Gasteiger charge is -2.29. The Morgan fingerprint density at radius 2 is 1.02 bits per heavy atom. The molecule has 9 heteroatoms. The molecule has 0 spiro atoms. The molecule has 0 heterocycles. The van der Waals surface area contributed by atoms with Gasteiger partial charge in [0.25, 0.3) is 7.82 Å². The van der Waals surface area contributed by atoms with Crippen molar-refractivity contribution >= 4 is 13.7 Å². The van der Waals surface area contributed by atoms with Gasteiger partial charge in [-0.05, 0) is 57.8 Å². The molecule has 0 radical (unpaired) electrons. The zero-order valence-corrected chi connectivity index (χ0v) is 37.5. The molecule has 0 rings (SSSR count). The highest BCUT2D eigenvalue weighted by molar-refractivity contribution is 7.45. The largest absolute Gasteiger partial charge is 0.756 e. The van der Waals surface area contributed by atoms with E-state index in [1.54, 1.807) is 6.08 Å². The topological polar surface area (TPSA) is 108 Å². The van der Waals surface area contributed by atoms with Gasteiger partial charge in [-0.15, -0.1) is 0 Å². The lowest BCUT2D eigenvalue weighted by Crippen LogP contribution is -2.45. The number of nitrogens with zero attached hydrogens (tertiary/aromatic N) is 1. The minimum absolute atomic E-state index is 0.00728. The summed E-state index contributed by atoms with van der Waals surface area (Å²) in [4.78, 5) is 25.3. The van der Waals surface area contributed by atoms with Gasteiger partial charge < -0.3 is 28.8 Å². The molecular formula is C46H89N2O6P. The fourth-order valence-corrected chi connectivity index (χ4v) is 7.12. The molecule has 0 aliphatic heterocycles. The van der Waals surface area contributed by atoms with E-state index < -0.39 is 26.6 Å². The van der Waals surface area contributed by atoms with Gasteiger partial charge in [-0.3, -0.25) is 9.36 Å². The van der Waals surface area contributed by atoms with Crippen LogP contribution in [-0.2, 0) is 18.4 Å². The minimum atomic E-state index is -4.59. The van der Waals surface area contributed by atoms with E-state index in [1.807, 2.05) is 27.2 Å². The number of aliphatic hydroxyl groups is 1. The molecular weight excluding hydrogens is 707 g/mol. The summed E-state index contributed by atoms with van der Waals surface area (Å²) in [5, 5.41) is 13.7. The van der Waals surface area contributed by atoms with Gasteiger partial charge in [0, 0.05) is 6.42 Å². The van der Waals surface area contributed by atoms with Gasteiger partial charge >= 0.3 is 0 Å². The third-order valence-corrected chi connectivity index (χ3v) is 11.0. The Morgan fingerprint density at radius 1 is 0.618 bits per heavy atom. The molecule has 1 amide bonds. The maximum absolute atomic E-state index is 12.8. The van der Waals surface area contributed by atoms with Crippen molar-refractivity contribution in [1.29, 1.82) is 0 Å². The highest BCUT2D eigenvalue weighted by Gasteiger charge is 2.23. The SMILES string of the molecule is CCCCCCCC/C=C/CC/C=C/C(O)C(COP(=O)([O-])OCC[N+](C)(C)C)NC(=O)CCCCCCCCC/C=C\CCCCCCCCCCCC. The second kappa shape index (κ2) is 38.2. The molecule has 0 aromatic rings. The van der Waals surface area contributed by atoms with Crippen molar-refractivity contribution in [2.24, 2.45) is 0 Å². The highest BCUT2D eigenvalue weighted by atomic mass is 31.2. The van der Waals surface area contributed by atoms with Crippen LogP contribution in [0.1, 0.15) is 200 Å². The lowest BCUT2D eigenvalue weighted by atomic mass is 10.1. The molecule has 3 unspecified atom stereocenters. The zero-order valence-electron chi connectivity index (χ0n) is 36.6. The van der Waals surface area contributed by atoms with Gasteiger partial charge in [0.05, 0.1) is 39.9 Å². The molecule has 324 valence electrons. The van der Waals surface area contributed by atoms with Crippen molar-refractivity contribution < 1.29 is 32.9 Å². The molecule has 0 aliphatic carbocycles. The number of phosphoric ester groups is 1. The summed E-state index contributed by atoms with van der Waals surface area (Å²) in [6, 6.07) is -0.903. The molecule has 0 fully saturated rings. The number of carbonyl (C=O) groups excluding carboxylic acids is 1. The number of nitrogens with one attached hydrogen (secondary N) is 1. The first kappa shape index (κ1) is 53.7. The van der Waals surface area contributed by atoms with E-state index in [1.165, 1.54) is 141 Å². The predicted octanol–water partition coefficient (Wildman–Crippen LogP) is 12.1. The second-order valence-electron chi connectivity index (χ2n) is 16.7. The van der Waals surface area contributed by atoms with Gasteiger partial charge in [-0.1, -0.05) is 172 Å². The number of phosphoric acid groups is 1. The number of amides is 1. The number of rotatable bonds is 41. The molecule has 8 nitrogen and oxygen atoms in total. The summed E-state index contributed by atoms with van der Waals surface area (Å²) in [5.74, 6) is -0.213. The van der Waals surface area contributed by atoms with Gasteiger partial charge in [0.1, 0.15) is 13.2 Å². The van der Waals surface area contributed by atoms with E-state index in [9.17, 15) is 19.4 Å². The van der Waals surface area contributed by atoms with Crippen LogP contribution >= 0.6 is 7.82 Å². The van der Waals surface area contributed by atoms with Crippen LogP contribution in [0.5, 0.6) is 0 Å². The van der Waals surface area contributed by atoms with Gasteiger partial charge in [0.2, 0.25) is 5.91 Å². The van der Waals surface area contributed by atoms with Gasteiger partial charge in [-0.25, -0.2) is 0 Å². The van der Waals surface area contributed by atoms with Crippen molar-refractivity contribution in [3.8, 4) is 0 Å². The van der Waals surface area contributed by atoms with Gasteiger partial charge in [-0.2, -0.15) is 0 Å². The van der Waals surface area contributed by atoms with Crippen LogP contribution in [0.2, 0.25) is 0 Å². The van der Waals surface area contributed by atoms with Crippen LogP contribution in [0.4, 0.5) is 0 Å². The van der Waals surface area contributed by atoms with E-state index in [0.29, 0.717) is 17.4 Å². The Kier molecular flexibility index (Phi) is 37.4. The normalized spacial score (nSPS) is 14.7. The first-order valence-electron chi connectivity index (χ1n) is 22.9. The maximum Gasteiger partial charge on any atom is 0.268 e. The number of allylic oxidation sites excluding steroid dienone is 5. The number of aliphatic hydroxyl groups excluding tert-OH is 1. The maximum atomic E-state index is 12.8. The average molecular weight is 797 g/mol. The third-order valence-electron chi connectivity index (χ3n) is 10.1. The Balaban J connectivity index is 4.35. The molecule has 0 aliphatic rings. The van der Waals surface area contributed by atoms with Crippen molar-refractivity contribution in [2.45, 2.75) is 212 Å². The summed E-state index contributed by atoms with van der Waals surface area (Å²) >= 11 is 0. The quantitative estimate of drug-likeness (QED) is 0.0276. The Morgan fingerprint density at radius 3 is 1.47 bits per heavy atom. The Labute approximate surface area is 340 Å². The second-order valence-corrected chi connectivity index (χ2v) is 18.2. The third kappa shape index (κ3) is 40.7. The van der Waals surface area contributed by atoms with E-state index in [4.69, 9.17) is 9.05 Å². The van der Waals surface area contributed by atoms with E-state index in [-0.39, 0.29) is 12.5 Å². The van der Waals surface area contributed by atoms with Crippen LogP contribution in [0.25, 0.3) is 0 Å². The molecule has 0 saturated heterocycles. The smallest absolute Gasteiger partial charge is 0.268 e. The average Bonchev–Trinajstić information content (AvgIpc) is 3.13. The summed E-state index contributed by atoms with van der Waals surface area (Å²) in [6.45, 7) is 4.60. The number of carbonyl (C=O) groups is 1. The Bertz CT molecular complexity index is 995. The van der Waals surface area contributed by atoms with Crippen LogP contribution < -0.4 is 10.2 Å². The molecule has 0 bridgehead atoms. The summed E-state index contributed by atoms with van der Waals surface area (Å²) in [7, 11) is 1.24. The number of quaternary nitrogens is 1. The monoisotopic (exact) mass is 797 g/mol. The van der Waals surface area contributed by atoms with Crippen molar-refractivity contribution in [2.75, 3.05) is 40.9 Å². The first-order chi connectivity index (χ1) is 26.5. The fourth-order valence-electron chi connectivity index (χ4n) is 6.40. The number of hydrogen-bond acceptors (Lipinski definition) is 6. The number of likely N-dealkylation sites (N-methyl/N-ethyl adjacent to an activating group) is 1. The molecule has 0 saturated carbocycles. The van der Waals surface area contributed by atoms with Crippen LogP contribution in [0, 0.1) is 0 Å². The zero-order chi connectivity index (χ0) is 40.7. The van der Waals surface area contributed by atoms with Crippen molar-refractivity contribution in [3.05, 3.63) is 36.5 Å². The molecule has 2 N–H and O–H groups in total. The van der Waals surface area contributed by atoms with Crippen LogP contribution in [0.3, 0.4) is 0 Å². The highest BCUT2D eigenvalue weighted by Crippen LogP contribution is 2.38. The predicted molar refractivity (Wildman–Crippen MR) is 233 cm³/mol. The molecule has 0 aromatic heterocycles. The summed E-state index contributed by atoms with van der Waals surface area (Å²) in [5.41, 5.74) is 0. The van der Waals surface area contributed by atoms with Crippen molar-refractivity contribution in [3.63, 3.8) is 0 Å². The van der Waals surface area contributed by atoms with Gasteiger partial charge in [0.15, 0.2) is 0 Å². The summed E-state index contributed by atoms with van der Waals surface area (Å²) in [6.07, 6.45) is 46.3. The Hall–Kier alpha value is -1.28. The van der Waals surface area contributed by atoms with E-state index in [2.05, 4.69) is 43.5 Å². The lowest BCUT2D eigenvalue weighted by molar-refractivity contribution is -0.870. The van der Waals surface area contributed by atoms with Crippen LogP contribution in [-0.4, -0.2) is 68.5 Å². The van der Waals surface area contributed by atoms with Crippen molar-refractivity contribution in [1.82, 2.24) is 5.32 Å². The number of hydrogen-bond donors (Lipinski definition) is 2. The number of unbranched alkanes of at least 4 members (excludes halogenated alkanes) is 24. The molecule has 3 atom stereocenters. The van der Waals surface area contributed by atoms with Crippen LogP contribution in [0.15, 0.2) is 36.5 Å². The van der Waals surface area contributed by atoms with E-state index in [0.717, 1.165) is 38.5 Å². The molecule has 55 heavy (non-hydrogen) atoms. The summed E-state index contributed by atoms with van der Waals surface area (Å²) < 4.78 is 23.2. The van der Waals surface area contributed by atoms with E-state index >= 15 is 0 Å². The minimum Gasteiger partial charge on any atom is -0.756 e. The standard InChI is InChI=1S/C46H89N2O6P/c1-6-8-10-12-14-16-18-20-21-22-23-24-25-26-27-28-30-32-34-36-38-40-46(50)47-44(43-54-55(51,52)53-42-41-48(3,4)5)45(49)39-37-35-33-31-29-19-17-15-13-11-9-7-2/h24-25,29,31,37,39,44-45,49H,6-23,26-28,30,32-36,38,40-43H2,1-5H3,(H-,47,50,51,52)/b25-24-,31-29+,39-37+.